The summed E-state index contributed by atoms with van der Waals surface area (Å²) in [5.41, 5.74) is 0. The molecule has 1 N–H and O–H groups in total. The number of hydrogen-bond acceptors (Lipinski definition) is 4. The van der Waals surface area contributed by atoms with Gasteiger partial charge in [-0.25, -0.2) is 8.42 Å². The highest BCUT2D eigenvalue weighted by Gasteiger charge is 2.41. The zero-order valence-electron chi connectivity index (χ0n) is 10.9. The van der Waals surface area contributed by atoms with E-state index in [1.807, 2.05) is 21.8 Å². The monoisotopic (exact) mass is 300 g/mol. The van der Waals surface area contributed by atoms with Gasteiger partial charge in [0.1, 0.15) is 0 Å². The molecule has 0 amide bonds. The van der Waals surface area contributed by atoms with Gasteiger partial charge >= 0.3 is 0 Å². The summed E-state index contributed by atoms with van der Waals surface area (Å²) >= 11 is 1.64. The number of nitrogens with one attached hydrogen (secondary N) is 1. The van der Waals surface area contributed by atoms with Gasteiger partial charge in [-0.05, 0) is 43.7 Å². The number of sulfonamides is 1. The molecule has 2 unspecified atom stereocenters. The number of hydrogen-bond donors (Lipinski definition) is 1. The SMILES string of the molecule is O=S(=O)(CCc1cccs1)N1C2CCNCC1CC2. The van der Waals surface area contributed by atoms with E-state index in [4.69, 9.17) is 0 Å². The molecule has 0 spiro atoms. The van der Waals surface area contributed by atoms with Crippen molar-refractivity contribution in [2.45, 2.75) is 37.8 Å². The third-order valence-electron chi connectivity index (χ3n) is 4.09. The van der Waals surface area contributed by atoms with Crippen LogP contribution in [-0.4, -0.2) is 43.6 Å². The zero-order chi connectivity index (χ0) is 13.3. The first-order chi connectivity index (χ1) is 9.17. The summed E-state index contributed by atoms with van der Waals surface area (Å²) in [7, 11) is -3.12. The summed E-state index contributed by atoms with van der Waals surface area (Å²) in [4.78, 5) is 1.16. The fourth-order valence-electron chi connectivity index (χ4n) is 3.18. The molecule has 1 aromatic heterocycles. The largest absolute Gasteiger partial charge is 0.315 e. The average molecular weight is 300 g/mol. The molecular formula is C13H20N2O2S2. The van der Waals surface area contributed by atoms with Crippen molar-refractivity contribution >= 4 is 21.4 Å². The lowest BCUT2D eigenvalue weighted by atomic mass is 10.1. The van der Waals surface area contributed by atoms with E-state index in [9.17, 15) is 8.42 Å². The molecule has 2 fully saturated rings. The second kappa shape index (κ2) is 5.52. The minimum Gasteiger partial charge on any atom is -0.315 e. The Morgan fingerprint density at radius 3 is 2.95 bits per heavy atom. The highest BCUT2D eigenvalue weighted by Crippen LogP contribution is 2.31. The molecule has 2 bridgehead atoms. The van der Waals surface area contributed by atoms with Crippen molar-refractivity contribution in [2.75, 3.05) is 18.8 Å². The molecule has 4 nitrogen and oxygen atoms in total. The topological polar surface area (TPSA) is 49.4 Å². The molecule has 3 rings (SSSR count). The van der Waals surface area contributed by atoms with Crippen molar-refractivity contribution in [1.29, 1.82) is 0 Å². The average Bonchev–Trinajstić information content (AvgIpc) is 2.94. The molecule has 0 saturated carbocycles. The normalized spacial score (nSPS) is 28.4. The van der Waals surface area contributed by atoms with Gasteiger partial charge in [-0.15, -0.1) is 11.3 Å². The third kappa shape index (κ3) is 2.86. The van der Waals surface area contributed by atoms with Crippen molar-refractivity contribution in [2.24, 2.45) is 0 Å². The van der Waals surface area contributed by atoms with Gasteiger partial charge in [-0.1, -0.05) is 6.07 Å². The van der Waals surface area contributed by atoms with Crippen LogP contribution in [0.5, 0.6) is 0 Å². The second-order valence-corrected chi connectivity index (χ2v) is 8.38. The van der Waals surface area contributed by atoms with Crippen LogP contribution >= 0.6 is 11.3 Å². The predicted octanol–water partition coefficient (Wildman–Crippen LogP) is 1.45. The maximum Gasteiger partial charge on any atom is 0.215 e. The Bertz CT molecular complexity index is 499. The van der Waals surface area contributed by atoms with E-state index in [1.54, 1.807) is 11.3 Å². The molecule has 3 heterocycles. The summed E-state index contributed by atoms with van der Waals surface area (Å²) in [6.45, 7) is 1.76. The molecule has 2 aliphatic rings. The lowest BCUT2D eigenvalue weighted by molar-refractivity contribution is 0.334. The highest BCUT2D eigenvalue weighted by atomic mass is 32.2. The van der Waals surface area contributed by atoms with Gasteiger partial charge in [0.05, 0.1) is 5.75 Å². The minimum absolute atomic E-state index is 0.181. The quantitative estimate of drug-likeness (QED) is 0.915. The first-order valence-electron chi connectivity index (χ1n) is 6.91. The molecule has 0 aromatic carbocycles. The van der Waals surface area contributed by atoms with Gasteiger partial charge in [0.2, 0.25) is 10.0 Å². The predicted molar refractivity (Wildman–Crippen MR) is 77.9 cm³/mol. The molecule has 2 atom stereocenters. The van der Waals surface area contributed by atoms with Crippen molar-refractivity contribution < 1.29 is 8.42 Å². The molecule has 106 valence electrons. The van der Waals surface area contributed by atoms with Gasteiger partial charge in [0.25, 0.3) is 0 Å². The van der Waals surface area contributed by atoms with E-state index in [1.165, 1.54) is 0 Å². The summed E-state index contributed by atoms with van der Waals surface area (Å²) in [5, 5.41) is 5.35. The van der Waals surface area contributed by atoms with Gasteiger partial charge in [-0.3, -0.25) is 0 Å². The lowest BCUT2D eigenvalue weighted by Gasteiger charge is -2.26. The Kier molecular flexibility index (Phi) is 3.93. The standard InChI is InChI=1S/C13H20N2O2S2/c16-19(17,9-6-13-2-1-8-18-13)15-11-3-4-12(15)10-14-7-5-11/h1-2,8,11-12,14H,3-7,9-10H2. The van der Waals surface area contributed by atoms with Crippen molar-refractivity contribution in [3.05, 3.63) is 22.4 Å². The molecule has 19 heavy (non-hydrogen) atoms. The second-order valence-electron chi connectivity index (χ2n) is 5.35. The van der Waals surface area contributed by atoms with Crippen LogP contribution in [0.15, 0.2) is 17.5 Å². The van der Waals surface area contributed by atoms with Crippen LogP contribution in [0.25, 0.3) is 0 Å². The third-order valence-corrected chi connectivity index (χ3v) is 6.99. The molecule has 0 aliphatic carbocycles. The van der Waals surface area contributed by atoms with Crippen LogP contribution in [0.4, 0.5) is 0 Å². The molecule has 2 aliphatic heterocycles. The fourth-order valence-corrected chi connectivity index (χ4v) is 6.01. The molecular weight excluding hydrogens is 280 g/mol. The van der Waals surface area contributed by atoms with E-state index >= 15 is 0 Å². The minimum atomic E-state index is -3.12. The lowest BCUT2D eigenvalue weighted by Crippen LogP contribution is -2.43. The first kappa shape index (κ1) is 13.5. The first-order valence-corrected chi connectivity index (χ1v) is 9.40. The van der Waals surface area contributed by atoms with Gasteiger partial charge < -0.3 is 5.32 Å². The van der Waals surface area contributed by atoms with Crippen LogP contribution in [-0.2, 0) is 16.4 Å². The summed E-state index contributed by atoms with van der Waals surface area (Å²) in [6, 6.07) is 4.40. The van der Waals surface area contributed by atoms with Gasteiger partial charge in [-0.2, -0.15) is 4.31 Å². The molecule has 1 aromatic rings. The van der Waals surface area contributed by atoms with Gasteiger partial charge in [0.15, 0.2) is 0 Å². The molecule has 2 saturated heterocycles. The Hall–Kier alpha value is -0.430. The molecule has 0 radical (unpaired) electrons. The smallest absolute Gasteiger partial charge is 0.215 e. The number of rotatable bonds is 4. The van der Waals surface area contributed by atoms with Crippen LogP contribution < -0.4 is 5.32 Å². The summed E-state index contributed by atoms with van der Waals surface area (Å²) in [5.74, 6) is 0.251. The van der Waals surface area contributed by atoms with Crippen LogP contribution in [0.2, 0.25) is 0 Å². The zero-order valence-corrected chi connectivity index (χ0v) is 12.5. The number of fused-ring (bicyclic) bond motifs is 2. The van der Waals surface area contributed by atoms with Crippen molar-refractivity contribution in [1.82, 2.24) is 9.62 Å². The Balaban J connectivity index is 1.72. The molecule has 6 heteroatoms. The van der Waals surface area contributed by atoms with E-state index in [0.717, 1.165) is 37.2 Å². The summed E-state index contributed by atoms with van der Waals surface area (Å²) in [6.07, 6.45) is 3.64. The Labute approximate surface area is 118 Å². The van der Waals surface area contributed by atoms with Crippen LogP contribution in [0.3, 0.4) is 0 Å². The van der Waals surface area contributed by atoms with E-state index < -0.39 is 10.0 Å². The van der Waals surface area contributed by atoms with Crippen molar-refractivity contribution in [3.8, 4) is 0 Å². The van der Waals surface area contributed by atoms with E-state index in [0.29, 0.717) is 6.42 Å². The Morgan fingerprint density at radius 2 is 2.16 bits per heavy atom. The van der Waals surface area contributed by atoms with Crippen LogP contribution in [0, 0.1) is 0 Å². The Morgan fingerprint density at radius 1 is 1.32 bits per heavy atom. The maximum absolute atomic E-state index is 12.6. The van der Waals surface area contributed by atoms with E-state index in [-0.39, 0.29) is 17.8 Å². The fraction of sp³-hybridized carbons (Fsp3) is 0.692. The van der Waals surface area contributed by atoms with Gasteiger partial charge in [0, 0.05) is 23.5 Å². The van der Waals surface area contributed by atoms with Crippen LogP contribution in [0.1, 0.15) is 24.1 Å². The highest BCUT2D eigenvalue weighted by molar-refractivity contribution is 7.89. The van der Waals surface area contributed by atoms with Crippen molar-refractivity contribution in [3.63, 3.8) is 0 Å². The number of aryl methyl sites for hydroxylation is 1. The summed E-state index contributed by atoms with van der Waals surface area (Å²) < 4.78 is 27.0. The maximum atomic E-state index is 12.6. The number of thiophene rings is 1. The van der Waals surface area contributed by atoms with E-state index in [2.05, 4.69) is 5.32 Å². The number of nitrogens with zero attached hydrogens (tertiary/aromatic N) is 1.